The zero-order valence-electron chi connectivity index (χ0n) is 9.24. The third-order valence-corrected chi connectivity index (χ3v) is 2.44. The van der Waals surface area contributed by atoms with Crippen LogP contribution in [0.4, 0.5) is 0 Å². The first kappa shape index (κ1) is 11.8. The highest BCUT2D eigenvalue weighted by Gasteiger charge is 2.66. The number of carbonyl (C=O) groups excluding carboxylic acids is 1. The van der Waals surface area contributed by atoms with Gasteiger partial charge in [-0.05, 0) is 27.2 Å². The van der Waals surface area contributed by atoms with Crippen molar-refractivity contribution in [2.75, 3.05) is 0 Å². The normalized spacial score (nSPS) is 29.4. The molecule has 0 spiro atoms. The largest absolute Gasteiger partial charge is 0.480 e. The molecule has 2 atom stereocenters. The average molecular weight is 212 g/mol. The summed E-state index contributed by atoms with van der Waals surface area (Å²) in [5, 5.41) is 9.02. The highest BCUT2D eigenvalue weighted by molar-refractivity contribution is 6.03. The molecule has 0 aromatic rings. The van der Waals surface area contributed by atoms with Crippen LogP contribution >= 0.6 is 0 Å². The van der Waals surface area contributed by atoms with Crippen LogP contribution in [0.15, 0.2) is 12.7 Å². The molecule has 0 amide bonds. The number of aliphatic carboxylic acids is 1. The molecule has 0 radical (unpaired) electrons. The molecule has 0 aromatic heterocycles. The number of ether oxygens (including phenoxy) is 1. The van der Waals surface area contributed by atoms with Crippen LogP contribution in [0.25, 0.3) is 0 Å². The molecular weight excluding hydrogens is 196 g/mol. The molecule has 0 aromatic carbocycles. The summed E-state index contributed by atoms with van der Waals surface area (Å²) in [5.41, 5.74) is -2.04. The van der Waals surface area contributed by atoms with Crippen LogP contribution in [0.5, 0.6) is 0 Å². The first-order valence-corrected chi connectivity index (χ1v) is 4.83. The summed E-state index contributed by atoms with van der Waals surface area (Å²) in [6.07, 6.45) is 1.79. The van der Waals surface area contributed by atoms with Crippen molar-refractivity contribution in [1.29, 1.82) is 0 Å². The highest BCUT2D eigenvalue weighted by Crippen LogP contribution is 2.54. The lowest BCUT2D eigenvalue weighted by atomic mass is 10.0. The van der Waals surface area contributed by atoms with Crippen LogP contribution in [-0.4, -0.2) is 22.6 Å². The fraction of sp³-hybridized carbons (Fsp3) is 0.636. The fourth-order valence-electron chi connectivity index (χ4n) is 1.51. The summed E-state index contributed by atoms with van der Waals surface area (Å²) in [6, 6.07) is 0. The molecule has 0 saturated heterocycles. The summed E-state index contributed by atoms with van der Waals surface area (Å²) in [4.78, 5) is 22.7. The van der Waals surface area contributed by atoms with E-state index in [9.17, 15) is 9.59 Å². The molecule has 4 heteroatoms. The predicted octanol–water partition coefficient (Wildman–Crippen LogP) is 1.60. The first-order chi connectivity index (χ1) is 6.74. The van der Waals surface area contributed by atoms with Gasteiger partial charge in [-0.15, -0.1) is 6.58 Å². The fourth-order valence-corrected chi connectivity index (χ4v) is 1.51. The van der Waals surface area contributed by atoms with E-state index >= 15 is 0 Å². The topological polar surface area (TPSA) is 63.6 Å². The van der Waals surface area contributed by atoms with Crippen LogP contribution in [0.3, 0.4) is 0 Å². The van der Waals surface area contributed by atoms with Gasteiger partial charge in [0.2, 0.25) is 0 Å². The zero-order chi connectivity index (χ0) is 11.9. The molecule has 1 N–H and O–H groups in total. The van der Waals surface area contributed by atoms with Crippen LogP contribution in [0.1, 0.15) is 27.2 Å². The van der Waals surface area contributed by atoms with E-state index in [1.54, 1.807) is 20.8 Å². The van der Waals surface area contributed by atoms with Gasteiger partial charge in [-0.1, -0.05) is 6.08 Å². The van der Waals surface area contributed by atoms with Crippen LogP contribution in [-0.2, 0) is 14.3 Å². The number of carbonyl (C=O) groups is 2. The Bertz CT molecular complexity index is 313. The molecule has 1 saturated carbocycles. The lowest BCUT2D eigenvalue weighted by Gasteiger charge is -2.22. The highest BCUT2D eigenvalue weighted by atomic mass is 16.6. The van der Waals surface area contributed by atoms with Crippen molar-refractivity contribution in [2.45, 2.75) is 32.8 Å². The molecule has 1 rings (SSSR count). The Labute approximate surface area is 88.9 Å². The maximum absolute atomic E-state index is 11.7. The van der Waals surface area contributed by atoms with Crippen molar-refractivity contribution >= 4 is 11.9 Å². The lowest BCUT2D eigenvalue weighted by Crippen LogP contribution is -2.35. The van der Waals surface area contributed by atoms with E-state index in [-0.39, 0.29) is 5.92 Å². The Morgan fingerprint density at radius 2 is 2.07 bits per heavy atom. The van der Waals surface area contributed by atoms with Gasteiger partial charge >= 0.3 is 11.9 Å². The first-order valence-electron chi connectivity index (χ1n) is 4.83. The Balaban J connectivity index is 2.82. The van der Waals surface area contributed by atoms with Crippen molar-refractivity contribution in [2.24, 2.45) is 11.3 Å². The summed E-state index contributed by atoms with van der Waals surface area (Å²) >= 11 is 0. The van der Waals surface area contributed by atoms with E-state index in [0.29, 0.717) is 6.42 Å². The third kappa shape index (κ3) is 2.03. The monoisotopic (exact) mass is 212 g/mol. The Hall–Kier alpha value is -1.32. The summed E-state index contributed by atoms with van der Waals surface area (Å²) in [6.45, 7) is 8.65. The van der Waals surface area contributed by atoms with Gasteiger partial charge in [-0.2, -0.15) is 0 Å². The predicted molar refractivity (Wildman–Crippen MR) is 54.2 cm³/mol. The van der Waals surface area contributed by atoms with E-state index in [2.05, 4.69) is 6.58 Å². The molecule has 0 heterocycles. The van der Waals surface area contributed by atoms with Crippen molar-refractivity contribution in [3.63, 3.8) is 0 Å². The maximum Gasteiger partial charge on any atom is 0.324 e. The number of esters is 1. The van der Waals surface area contributed by atoms with Gasteiger partial charge in [0.1, 0.15) is 5.60 Å². The molecule has 1 aliphatic carbocycles. The summed E-state index contributed by atoms with van der Waals surface area (Å²) < 4.78 is 5.09. The zero-order valence-corrected chi connectivity index (χ0v) is 9.24. The van der Waals surface area contributed by atoms with Gasteiger partial charge < -0.3 is 9.84 Å². The lowest BCUT2D eigenvalue weighted by molar-refractivity contribution is -0.169. The second kappa shape index (κ2) is 3.36. The van der Waals surface area contributed by atoms with Gasteiger partial charge in [0.25, 0.3) is 0 Å². The van der Waals surface area contributed by atoms with E-state index < -0.39 is 23.0 Å². The molecule has 15 heavy (non-hydrogen) atoms. The second-order valence-corrected chi connectivity index (χ2v) is 4.82. The molecular formula is C11H16O4. The van der Waals surface area contributed by atoms with Gasteiger partial charge in [0.05, 0.1) is 0 Å². The number of allylic oxidation sites excluding steroid dienone is 1. The van der Waals surface area contributed by atoms with Gasteiger partial charge in [0.15, 0.2) is 5.41 Å². The Morgan fingerprint density at radius 3 is 2.33 bits per heavy atom. The van der Waals surface area contributed by atoms with Crippen LogP contribution in [0.2, 0.25) is 0 Å². The number of rotatable bonds is 3. The minimum atomic E-state index is -1.38. The van der Waals surface area contributed by atoms with Crippen LogP contribution < -0.4 is 0 Å². The number of carboxylic acids is 1. The smallest absolute Gasteiger partial charge is 0.324 e. The second-order valence-electron chi connectivity index (χ2n) is 4.82. The van der Waals surface area contributed by atoms with Gasteiger partial charge in [0, 0.05) is 5.92 Å². The minimum Gasteiger partial charge on any atom is -0.480 e. The number of carboxylic acid groups (broad SMARTS) is 1. The molecule has 0 unspecified atom stereocenters. The standard InChI is InChI=1S/C11H16O4/c1-5-7-6-11(7,8(12)13)9(14)15-10(2,3)4/h5,7H,1,6H2,2-4H3,(H,12,13)/t7-,11-/m1/s1. The van der Waals surface area contributed by atoms with Crippen molar-refractivity contribution in [1.82, 2.24) is 0 Å². The number of hydrogen-bond donors (Lipinski definition) is 1. The Kier molecular flexibility index (Phi) is 2.63. The van der Waals surface area contributed by atoms with Crippen molar-refractivity contribution in [3.05, 3.63) is 12.7 Å². The molecule has 1 aliphatic rings. The quantitative estimate of drug-likeness (QED) is 0.438. The third-order valence-electron chi connectivity index (χ3n) is 2.44. The Morgan fingerprint density at radius 1 is 1.53 bits per heavy atom. The average Bonchev–Trinajstić information content (AvgIpc) is 2.75. The SMILES string of the molecule is C=C[C@@H]1C[C@@]1(C(=O)O)C(=O)OC(C)(C)C. The van der Waals surface area contributed by atoms with E-state index in [1.165, 1.54) is 6.08 Å². The molecule has 0 aliphatic heterocycles. The van der Waals surface area contributed by atoms with E-state index in [0.717, 1.165) is 0 Å². The molecule has 84 valence electrons. The van der Waals surface area contributed by atoms with Gasteiger partial charge in [-0.3, -0.25) is 9.59 Å². The van der Waals surface area contributed by atoms with E-state index in [1.807, 2.05) is 0 Å². The molecule has 0 bridgehead atoms. The molecule has 4 nitrogen and oxygen atoms in total. The van der Waals surface area contributed by atoms with E-state index in [4.69, 9.17) is 9.84 Å². The molecule has 1 fully saturated rings. The minimum absolute atomic E-state index is 0.292. The summed E-state index contributed by atoms with van der Waals surface area (Å²) in [5.74, 6) is -2.08. The number of hydrogen-bond acceptors (Lipinski definition) is 3. The summed E-state index contributed by atoms with van der Waals surface area (Å²) in [7, 11) is 0. The van der Waals surface area contributed by atoms with Crippen LogP contribution in [0, 0.1) is 11.3 Å². The van der Waals surface area contributed by atoms with Crippen molar-refractivity contribution in [3.8, 4) is 0 Å². The van der Waals surface area contributed by atoms with Gasteiger partial charge in [-0.25, -0.2) is 0 Å². The maximum atomic E-state index is 11.7. The van der Waals surface area contributed by atoms with Crippen molar-refractivity contribution < 1.29 is 19.4 Å².